The van der Waals surface area contributed by atoms with Crippen LogP contribution < -0.4 is 9.64 Å². The number of hydrogen-bond donors (Lipinski definition) is 1. The number of halogens is 2. The van der Waals surface area contributed by atoms with Crippen molar-refractivity contribution in [3.8, 4) is 16.9 Å². The van der Waals surface area contributed by atoms with Gasteiger partial charge in [-0.05, 0) is 113 Å². The smallest absolute Gasteiger partial charge is 0.354 e. The van der Waals surface area contributed by atoms with Gasteiger partial charge in [0.2, 0.25) is 0 Å². The predicted octanol–water partition coefficient (Wildman–Crippen LogP) is 8.63. The molecule has 0 saturated carbocycles. The lowest BCUT2D eigenvalue weighted by Gasteiger charge is -2.35. The number of aromatic nitrogens is 4. The number of aryl methyl sites for hydroxylation is 6. The Balaban J connectivity index is 1.40. The third kappa shape index (κ3) is 6.14. The molecule has 3 aromatic heterocycles. The van der Waals surface area contributed by atoms with Crippen LogP contribution in [-0.4, -0.2) is 62.8 Å². The number of fused-ring (bicyclic) bond motifs is 4. The molecular weight excluding hydrogens is 725 g/mol. The van der Waals surface area contributed by atoms with E-state index >= 15 is 4.79 Å². The Morgan fingerprint density at radius 2 is 1.70 bits per heavy atom. The predicted molar refractivity (Wildman–Crippen MR) is 215 cm³/mol. The Morgan fingerprint density at radius 1 is 0.981 bits per heavy atom. The van der Waals surface area contributed by atoms with Crippen LogP contribution in [0.5, 0.6) is 5.75 Å². The molecule has 4 heterocycles. The molecule has 10 nitrogen and oxygen atoms in total. The molecule has 12 heteroatoms. The molecule has 0 fully saturated rings. The number of aliphatic hydroxyl groups excluding tert-OH is 1. The zero-order valence-corrected chi connectivity index (χ0v) is 33.4. The van der Waals surface area contributed by atoms with Gasteiger partial charge in [0.05, 0.1) is 41.2 Å². The fraction of sp³-hybridized carbons (Fsp3) is 0.357. The van der Waals surface area contributed by atoms with Crippen molar-refractivity contribution in [2.75, 3.05) is 31.8 Å². The van der Waals surface area contributed by atoms with Crippen LogP contribution >= 0.6 is 23.2 Å². The Bertz CT molecular complexity index is 2470. The Labute approximate surface area is 324 Å². The maximum atomic E-state index is 15.3. The van der Waals surface area contributed by atoms with E-state index < -0.39 is 5.97 Å². The highest BCUT2D eigenvalue weighted by atomic mass is 35.5. The lowest BCUT2D eigenvalue weighted by atomic mass is 9.98. The molecule has 1 aliphatic heterocycles. The van der Waals surface area contributed by atoms with Gasteiger partial charge in [-0.25, -0.2) is 4.79 Å². The van der Waals surface area contributed by atoms with E-state index in [4.69, 9.17) is 37.8 Å². The molecule has 1 atom stereocenters. The van der Waals surface area contributed by atoms with Gasteiger partial charge < -0.3 is 28.6 Å². The molecule has 1 amide bonds. The van der Waals surface area contributed by atoms with Gasteiger partial charge in [-0.3, -0.25) is 9.48 Å². The summed E-state index contributed by atoms with van der Waals surface area (Å²) in [5.41, 5.74) is 10.6. The average molecular weight is 771 g/mol. The summed E-state index contributed by atoms with van der Waals surface area (Å²) in [4.78, 5) is 29.9. The van der Waals surface area contributed by atoms with Crippen molar-refractivity contribution in [3.63, 3.8) is 0 Å². The molecule has 1 aliphatic rings. The van der Waals surface area contributed by atoms with Crippen LogP contribution in [0.3, 0.4) is 0 Å². The summed E-state index contributed by atoms with van der Waals surface area (Å²) in [6.45, 7) is 10.8. The second kappa shape index (κ2) is 14.5. The number of carbonyl (C=O) groups excluding carboxylic acids is 2. The van der Waals surface area contributed by atoms with Crippen molar-refractivity contribution in [2.24, 2.45) is 14.1 Å². The largest absolute Gasteiger partial charge is 0.494 e. The lowest BCUT2D eigenvalue weighted by molar-refractivity contribution is 0.0590. The Hall–Kier alpha value is -4.77. The van der Waals surface area contributed by atoms with Crippen LogP contribution in [0.1, 0.15) is 74.0 Å². The number of ether oxygens (including phenoxy) is 2. The van der Waals surface area contributed by atoms with E-state index in [0.717, 1.165) is 77.3 Å². The zero-order valence-electron chi connectivity index (χ0n) is 31.9. The van der Waals surface area contributed by atoms with Gasteiger partial charge in [0.1, 0.15) is 17.1 Å². The number of methoxy groups -OCH3 is 1. The van der Waals surface area contributed by atoms with Crippen LogP contribution in [0.2, 0.25) is 10.0 Å². The standard InChI is InChI=1S/C42H45Cl2N5O5/c1-22-16-29(17-23(2)37(22)44)54-15-9-10-30-31-11-12-32(43)36(35-25(4)45-47(7)26(35)5)39(31)49-24(3)21-48(41(51)40(30)49)33-19-27(13-14-50)18-28-20-34(42(52)53-8)46(6)38(28)33/h11-12,16-20,24,50H,9-10,13-15,21H2,1-8H3/t24-/m1/s1. The molecule has 1 N–H and O–H groups in total. The van der Waals surface area contributed by atoms with Gasteiger partial charge in [0.25, 0.3) is 5.91 Å². The first-order valence-electron chi connectivity index (χ1n) is 18.2. The SMILES string of the molecule is COC(=O)c1cc2cc(CCO)cc(N3C[C@@H](C)n4c(c(CCCOc5cc(C)c(Cl)c(C)c5)c5ccc(Cl)c(-c6c(C)nn(C)c6C)c54)C3=O)c2n1C. The number of benzene rings is 3. The first kappa shape index (κ1) is 37.5. The number of nitrogens with zero attached hydrogens (tertiary/aromatic N) is 5. The van der Waals surface area contributed by atoms with Crippen LogP contribution in [-0.2, 0) is 31.7 Å². The molecule has 0 bridgehead atoms. The molecule has 0 unspecified atom stereocenters. The third-order valence-corrected chi connectivity index (χ3v) is 11.7. The van der Waals surface area contributed by atoms with Gasteiger partial charge in [-0.15, -0.1) is 0 Å². The topological polar surface area (TPSA) is 104 Å². The zero-order chi connectivity index (χ0) is 38.7. The van der Waals surface area contributed by atoms with Crippen LogP contribution in [0, 0.1) is 27.7 Å². The number of carbonyl (C=O) groups is 2. The van der Waals surface area contributed by atoms with Gasteiger partial charge in [0.15, 0.2) is 0 Å². The summed E-state index contributed by atoms with van der Waals surface area (Å²) in [6.07, 6.45) is 1.61. The number of anilines is 1. The fourth-order valence-corrected chi connectivity index (χ4v) is 8.61. The van der Waals surface area contributed by atoms with Crippen molar-refractivity contribution in [1.82, 2.24) is 18.9 Å². The summed E-state index contributed by atoms with van der Waals surface area (Å²) >= 11 is 13.5. The first-order chi connectivity index (χ1) is 25.8. The third-order valence-electron chi connectivity index (χ3n) is 10.8. The van der Waals surface area contributed by atoms with Gasteiger partial charge >= 0.3 is 5.97 Å². The first-order valence-corrected chi connectivity index (χ1v) is 18.9. The summed E-state index contributed by atoms with van der Waals surface area (Å²) in [7, 11) is 5.08. The number of aliphatic hydroxyl groups is 1. The minimum atomic E-state index is -0.472. The van der Waals surface area contributed by atoms with Crippen molar-refractivity contribution in [1.29, 1.82) is 0 Å². The van der Waals surface area contributed by atoms with Crippen LogP contribution in [0.25, 0.3) is 32.9 Å². The van der Waals surface area contributed by atoms with E-state index in [0.29, 0.717) is 54.5 Å². The maximum absolute atomic E-state index is 15.3. The molecule has 0 aliphatic carbocycles. The second-order valence-corrected chi connectivity index (χ2v) is 15.2. The van der Waals surface area contributed by atoms with Crippen molar-refractivity contribution >= 4 is 62.6 Å². The monoisotopic (exact) mass is 769 g/mol. The molecule has 7 rings (SSSR count). The van der Waals surface area contributed by atoms with E-state index in [1.165, 1.54) is 7.11 Å². The molecular formula is C42H45Cl2N5O5. The Morgan fingerprint density at radius 3 is 2.35 bits per heavy atom. The number of amides is 1. The van der Waals surface area contributed by atoms with Crippen LogP contribution in [0.15, 0.2) is 42.5 Å². The minimum absolute atomic E-state index is 0.0572. The number of hydrogen-bond acceptors (Lipinski definition) is 6. The maximum Gasteiger partial charge on any atom is 0.354 e. The lowest BCUT2D eigenvalue weighted by Crippen LogP contribution is -2.43. The highest BCUT2D eigenvalue weighted by molar-refractivity contribution is 6.35. The number of rotatable bonds is 10. The van der Waals surface area contributed by atoms with Gasteiger partial charge in [0, 0.05) is 65.9 Å². The number of esters is 1. The molecule has 0 spiro atoms. The summed E-state index contributed by atoms with van der Waals surface area (Å²) in [6, 6.07) is 13.4. The normalized spacial score (nSPS) is 14.4. The van der Waals surface area contributed by atoms with Crippen molar-refractivity contribution < 1.29 is 24.2 Å². The summed E-state index contributed by atoms with van der Waals surface area (Å²) < 4.78 is 17.1. The average Bonchev–Trinajstić information content (AvgIpc) is 3.74. The highest BCUT2D eigenvalue weighted by Crippen LogP contribution is 2.46. The molecule has 0 radical (unpaired) electrons. The highest BCUT2D eigenvalue weighted by Gasteiger charge is 2.38. The quantitative estimate of drug-likeness (QED) is 0.111. The van der Waals surface area contributed by atoms with E-state index in [1.54, 1.807) is 17.7 Å². The molecule has 6 aromatic rings. The molecule has 3 aromatic carbocycles. The van der Waals surface area contributed by atoms with Gasteiger partial charge in [-0.1, -0.05) is 29.3 Å². The van der Waals surface area contributed by atoms with E-state index in [-0.39, 0.29) is 18.6 Å². The second-order valence-electron chi connectivity index (χ2n) is 14.4. The Kier molecular flexibility index (Phi) is 10.1. The molecule has 0 saturated heterocycles. The fourth-order valence-electron chi connectivity index (χ4n) is 8.26. The summed E-state index contributed by atoms with van der Waals surface area (Å²) in [5, 5.41) is 17.7. The van der Waals surface area contributed by atoms with E-state index in [2.05, 4.69) is 11.5 Å². The van der Waals surface area contributed by atoms with Crippen molar-refractivity contribution in [2.45, 2.75) is 59.9 Å². The van der Waals surface area contributed by atoms with Crippen molar-refractivity contribution in [3.05, 3.63) is 97.5 Å². The van der Waals surface area contributed by atoms with E-state index in [9.17, 15) is 9.90 Å². The van der Waals surface area contributed by atoms with E-state index in [1.807, 2.05) is 80.7 Å². The minimum Gasteiger partial charge on any atom is -0.494 e. The van der Waals surface area contributed by atoms with Crippen LogP contribution in [0.4, 0.5) is 5.69 Å². The summed E-state index contributed by atoms with van der Waals surface area (Å²) in [5.74, 6) is 0.126. The molecule has 54 heavy (non-hydrogen) atoms. The molecule has 282 valence electrons. The van der Waals surface area contributed by atoms with Gasteiger partial charge in [-0.2, -0.15) is 5.10 Å².